The zero-order valence-electron chi connectivity index (χ0n) is 11.5. The van der Waals surface area contributed by atoms with Crippen LogP contribution >= 0.6 is 11.3 Å². The Bertz CT molecular complexity index is 483. The molecule has 0 radical (unpaired) electrons. The summed E-state index contributed by atoms with van der Waals surface area (Å²) in [6.45, 7) is 2.01. The van der Waals surface area contributed by atoms with Crippen molar-refractivity contribution < 1.29 is 4.79 Å². The monoisotopic (exact) mass is 275 g/mol. The molecule has 1 heterocycles. The first kappa shape index (κ1) is 12.1. The van der Waals surface area contributed by atoms with E-state index >= 15 is 0 Å². The van der Waals surface area contributed by atoms with E-state index in [9.17, 15) is 4.79 Å². The van der Waals surface area contributed by atoms with Gasteiger partial charge in [-0.1, -0.05) is 0 Å². The minimum Gasteiger partial charge on any atom is -0.299 e. The van der Waals surface area contributed by atoms with Gasteiger partial charge in [0.15, 0.2) is 0 Å². The van der Waals surface area contributed by atoms with Gasteiger partial charge >= 0.3 is 0 Å². The van der Waals surface area contributed by atoms with Gasteiger partial charge < -0.3 is 0 Å². The Morgan fingerprint density at radius 1 is 1.26 bits per heavy atom. The smallest absolute Gasteiger partial charge is 0.145 e. The lowest BCUT2D eigenvalue weighted by atomic mass is 9.48. The number of ketones is 1. The number of aromatic nitrogens is 1. The third-order valence-corrected chi connectivity index (χ3v) is 6.57. The van der Waals surface area contributed by atoms with Crippen LogP contribution in [0.4, 0.5) is 0 Å². The Balaban J connectivity index is 1.56. The second-order valence-corrected chi connectivity index (χ2v) is 8.12. The Hall–Kier alpha value is -0.700. The molecule has 1 aromatic rings. The lowest BCUT2D eigenvalue weighted by Gasteiger charge is -2.56. The van der Waals surface area contributed by atoms with Gasteiger partial charge in [-0.15, -0.1) is 11.3 Å². The topological polar surface area (TPSA) is 30.0 Å². The lowest BCUT2D eigenvalue weighted by Crippen LogP contribution is -2.50. The van der Waals surface area contributed by atoms with Crippen LogP contribution in [0.5, 0.6) is 0 Å². The molecule has 102 valence electrons. The molecule has 3 heteroatoms. The van der Waals surface area contributed by atoms with Crippen molar-refractivity contribution in [3.63, 3.8) is 0 Å². The number of nitrogens with zero attached hydrogens (tertiary/aromatic N) is 1. The summed E-state index contributed by atoms with van der Waals surface area (Å²) >= 11 is 1.65. The molecule has 2 nitrogen and oxygen atoms in total. The molecule has 0 spiro atoms. The lowest BCUT2D eigenvalue weighted by molar-refractivity contribution is -0.143. The van der Waals surface area contributed by atoms with E-state index in [1.54, 1.807) is 11.3 Å². The summed E-state index contributed by atoms with van der Waals surface area (Å²) in [4.78, 5) is 17.3. The molecular weight excluding hydrogens is 254 g/mol. The van der Waals surface area contributed by atoms with Crippen LogP contribution in [0, 0.1) is 30.1 Å². The maximum absolute atomic E-state index is 12.8. The van der Waals surface area contributed by atoms with Crippen LogP contribution < -0.4 is 0 Å². The van der Waals surface area contributed by atoms with E-state index in [1.807, 2.05) is 6.92 Å². The van der Waals surface area contributed by atoms with E-state index in [-0.39, 0.29) is 5.41 Å². The van der Waals surface area contributed by atoms with Crippen molar-refractivity contribution in [3.05, 3.63) is 16.1 Å². The third kappa shape index (κ3) is 1.97. The molecule has 0 aliphatic heterocycles. The van der Waals surface area contributed by atoms with E-state index in [0.717, 1.165) is 28.5 Å². The molecule has 4 aliphatic carbocycles. The average Bonchev–Trinajstić information content (AvgIpc) is 2.73. The highest BCUT2D eigenvalue weighted by Gasteiger charge is 2.54. The van der Waals surface area contributed by atoms with Gasteiger partial charge in [0.2, 0.25) is 0 Å². The number of thiazole rings is 1. The van der Waals surface area contributed by atoms with E-state index in [2.05, 4.69) is 10.4 Å². The fraction of sp³-hybridized carbons (Fsp3) is 0.750. The van der Waals surface area contributed by atoms with Gasteiger partial charge in [0.1, 0.15) is 10.8 Å². The molecule has 0 amide bonds. The molecule has 4 aliphatic rings. The van der Waals surface area contributed by atoms with Crippen molar-refractivity contribution >= 4 is 17.1 Å². The second kappa shape index (κ2) is 4.15. The molecule has 0 saturated heterocycles. The third-order valence-electron chi connectivity index (χ3n) is 5.61. The van der Waals surface area contributed by atoms with Crippen molar-refractivity contribution in [2.24, 2.45) is 23.2 Å². The predicted molar refractivity (Wildman–Crippen MR) is 76.2 cm³/mol. The van der Waals surface area contributed by atoms with Gasteiger partial charge in [-0.2, -0.15) is 0 Å². The first-order chi connectivity index (χ1) is 9.13. The van der Waals surface area contributed by atoms with E-state index in [0.29, 0.717) is 12.2 Å². The number of Topliss-reactive ketones (excluding diaryl/α,β-unsaturated/α-hetero) is 1. The number of carbonyl (C=O) groups is 1. The fourth-order valence-electron chi connectivity index (χ4n) is 5.26. The molecule has 4 fully saturated rings. The van der Waals surface area contributed by atoms with Gasteiger partial charge in [-0.3, -0.25) is 4.79 Å². The van der Waals surface area contributed by atoms with E-state index in [4.69, 9.17) is 0 Å². The summed E-state index contributed by atoms with van der Waals surface area (Å²) in [7, 11) is 0. The maximum atomic E-state index is 12.8. The zero-order valence-corrected chi connectivity index (χ0v) is 12.3. The van der Waals surface area contributed by atoms with Crippen molar-refractivity contribution in [3.8, 4) is 0 Å². The SMILES string of the molecule is Cc1csc(CC(=O)C23CC4CC(CC(C4)C2)C3)n1. The van der Waals surface area contributed by atoms with Crippen molar-refractivity contribution in [1.82, 2.24) is 4.98 Å². The van der Waals surface area contributed by atoms with Gasteiger partial charge in [-0.25, -0.2) is 4.98 Å². The Labute approximate surface area is 118 Å². The van der Waals surface area contributed by atoms with Crippen LogP contribution in [-0.4, -0.2) is 10.8 Å². The molecule has 0 atom stereocenters. The summed E-state index contributed by atoms with van der Waals surface area (Å²) in [5, 5.41) is 3.08. The molecule has 4 saturated carbocycles. The van der Waals surface area contributed by atoms with Crippen LogP contribution in [0.3, 0.4) is 0 Å². The molecule has 0 N–H and O–H groups in total. The Morgan fingerprint density at radius 2 is 1.84 bits per heavy atom. The van der Waals surface area contributed by atoms with Crippen LogP contribution in [0.15, 0.2) is 5.38 Å². The van der Waals surface area contributed by atoms with Crippen LogP contribution in [-0.2, 0) is 11.2 Å². The van der Waals surface area contributed by atoms with Crippen LogP contribution in [0.1, 0.15) is 49.2 Å². The Kier molecular flexibility index (Phi) is 2.63. The minimum atomic E-state index is 0.0499. The highest BCUT2D eigenvalue weighted by Crippen LogP contribution is 2.60. The summed E-state index contributed by atoms with van der Waals surface area (Å²) < 4.78 is 0. The van der Waals surface area contributed by atoms with Crippen molar-refractivity contribution in [2.75, 3.05) is 0 Å². The van der Waals surface area contributed by atoms with E-state index in [1.165, 1.54) is 38.5 Å². The summed E-state index contributed by atoms with van der Waals surface area (Å²) in [6, 6.07) is 0. The number of rotatable bonds is 3. The summed E-state index contributed by atoms with van der Waals surface area (Å²) in [5.74, 6) is 3.07. The number of aryl methyl sites for hydroxylation is 1. The van der Waals surface area contributed by atoms with Gasteiger partial charge in [0.05, 0.1) is 6.42 Å². The average molecular weight is 275 g/mol. The fourth-order valence-corrected chi connectivity index (χ4v) is 6.03. The number of hydrogen-bond donors (Lipinski definition) is 0. The molecule has 5 rings (SSSR count). The minimum absolute atomic E-state index is 0.0499. The second-order valence-electron chi connectivity index (χ2n) is 7.18. The normalized spacial score (nSPS) is 39.7. The maximum Gasteiger partial charge on any atom is 0.145 e. The first-order valence-corrected chi connectivity index (χ1v) is 8.45. The number of hydrogen-bond acceptors (Lipinski definition) is 3. The highest BCUT2D eigenvalue weighted by molar-refractivity contribution is 7.09. The molecule has 4 bridgehead atoms. The predicted octanol–water partition coefficient (Wildman–Crippen LogP) is 3.78. The van der Waals surface area contributed by atoms with E-state index < -0.39 is 0 Å². The van der Waals surface area contributed by atoms with Crippen LogP contribution in [0.25, 0.3) is 0 Å². The van der Waals surface area contributed by atoms with Crippen molar-refractivity contribution in [2.45, 2.75) is 51.9 Å². The molecule has 0 aromatic carbocycles. The van der Waals surface area contributed by atoms with Gasteiger partial charge in [0.25, 0.3) is 0 Å². The van der Waals surface area contributed by atoms with Gasteiger partial charge in [0, 0.05) is 16.5 Å². The first-order valence-electron chi connectivity index (χ1n) is 7.57. The molecule has 1 aromatic heterocycles. The molecular formula is C16H21NOS. The van der Waals surface area contributed by atoms with Gasteiger partial charge in [-0.05, 0) is 63.2 Å². The zero-order chi connectivity index (χ0) is 13.0. The molecule has 0 unspecified atom stereocenters. The molecule has 19 heavy (non-hydrogen) atoms. The largest absolute Gasteiger partial charge is 0.299 e. The quantitative estimate of drug-likeness (QED) is 0.840. The van der Waals surface area contributed by atoms with Crippen LogP contribution in [0.2, 0.25) is 0 Å². The summed E-state index contributed by atoms with van der Waals surface area (Å²) in [5.41, 5.74) is 1.10. The van der Waals surface area contributed by atoms with Crippen molar-refractivity contribution in [1.29, 1.82) is 0 Å². The highest BCUT2D eigenvalue weighted by atomic mass is 32.1. The number of carbonyl (C=O) groups excluding carboxylic acids is 1. The Morgan fingerprint density at radius 3 is 2.32 bits per heavy atom. The summed E-state index contributed by atoms with van der Waals surface area (Å²) in [6.07, 6.45) is 8.35. The standard InChI is InChI=1S/C16H21NOS/c1-10-9-19-15(17-10)5-14(18)16-6-11-2-12(7-16)4-13(3-11)8-16/h9,11-13H,2-8H2,1H3.